The van der Waals surface area contributed by atoms with E-state index in [1.54, 1.807) is 24.9 Å². The minimum atomic E-state index is -1.10. The van der Waals surface area contributed by atoms with Crippen molar-refractivity contribution in [3.63, 3.8) is 0 Å². The lowest BCUT2D eigenvalue weighted by molar-refractivity contribution is -0.118. The molecule has 1 aliphatic carbocycles. The highest BCUT2D eigenvalue weighted by atomic mass is 32.2. The Morgan fingerprint density at radius 3 is 2.42 bits per heavy atom. The van der Waals surface area contributed by atoms with Crippen molar-refractivity contribution < 1.29 is 15.0 Å². The summed E-state index contributed by atoms with van der Waals surface area (Å²) in [5, 5.41) is 20.1. The largest absolute Gasteiger partial charge is 0.378 e. The third-order valence-corrected chi connectivity index (χ3v) is 5.89. The van der Waals surface area contributed by atoms with Crippen molar-refractivity contribution in [2.24, 2.45) is 0 Å². The molecule has 0 unspecified atom stereocenters. The quantitative estimate of drug-likeness (QED) is 0.256. The third kappa shape index (κ3) is 7.35. The van der Waals surface area contributed by atoms with Crippen LogP contribution in [0.15, 0.2) is 23.4 Å². The van der Waals surface area contributed by atoms with Gasteiger partial charge in [-0.25, -0.2) is 9.71 Å². The average Bonchev–Trinajstić information content (AvgIpc) is 3.35. The Morgan fingerprint density at radius 2 is 1.88 bits per heavy atom. The van der Waals surface area contributed by atoms with Crippen molar-refractivity contribution >= 4 is 29.7 Å². The molecule has 9 nitrogen and oxygen atoms in total. The molecule has 10 heteroatoms. The first-order valence-electron chi connectivity index (χ1n) is 11.0. The van der Waals surface area contributed by atoms with Gasteiger partial charge in [-0.1, -0.05) is 5.92 Å². The fourth-order valence-electron chi connectivity index (χ4n) is 3.09. The van der Waals surface area contributed by atoms with Crippen LogP contribution in [-0.4, -0.2) is 94.5 Å². The molecule has 33 heavy (non-hydrogen) atoms. The number of aromatic nitrogens is 2. The van der Waals surface area contributed by atoms with Gasteiger partial charge in [0, 0.05) is 37.3 Å². The zero-order chi connectivity index (χ0) is 24.2. The number of amides is 1. The second-order valence-corrected chi connectivity index (χ2v) is 10.3. The first-order valence-corrected chi connectivity index (χ1v) is 11.8. The molecule has 0 bridgehead atoms. The maximum absolute atomic E-state index is 11.0. The van der Waals surface area contributed by atoms with Crippen LogP contribution in [-0.2, 0) is 4.79 Å². The molecule has 0 radical (unpaired) electrons. The predicted octanol–water partition coefficient (Wildman–Crippen LogP) is 0.992. The monoisotopic (exact) mass is 474 g/mol. The summed E-state index contributed by atoms with van der Waals surface area (Å²) in [6.45, 7) is 6.05. The molecule has 2 aromatic heterocycles. The molecule has 0 atom stereocenters. The van der Waals surface area contributed by atoms with E-state index in [2.05, 4.69) is 32.5 Å². The van der Waals surface area contributed by atoms with Crippen LogP contribution in [0.1, 0.15) is 32.4 Å². The summed E-state index contributed by atoms with van der Waals surface area (Å²) >= 11 is 1.38. The van der Waals surface area contributed by atoms with E-state index in [1.165, 1.54) is 11.9 Å². The highest BCUT2D eigenvalue weighted by Gasteiger charge is 2.40. The molecule has 3 N–H and O–H groups in total. The number of aliphatic hydroxyl groups is 2. The second-order valence-electron chi connectivity index (χ2n) is 9.41. The van der Waals surface area contributed by atoms with Gasteiger partial charge in [-0.05, 0) is 71.8 Å². The molecule has 0 aromatic carbocycles. The Morgan fingerprint density at radius 1 is 1.24 bits per heavy atom. The number of rotatable bonds is 5. The van der Waals surface area contributed by atoms with Crippen molar-refractivity contribution in [3.05, 3.63) is 24.2 Å². The molecule has 1 aliphatic heterocycles. The molecular formula is C23H34N6O3S. The number of piperazine rings is 1. The number of imidazole rings is 1. The molecule has 2 fully saturated rings. The SMILES string of the molecule is CC(C)(O)C#Cc1cnc2c(N3CCN(C=O)CC3)cc(SNC3(O)CC3)cn12.CN(C)C. The van der Waals surface area contributed by atoms with E-state index in [-0.39, 0.29) is 0 Å². The summed E-state index contributed by atoms with van der Waals surface area (Å²) in [5.74, 6) is 5.85. The van der Waals surface area contributed by atoms with Gasteiger partial charge >= 0.3 is 0 Å². The minimum absolute atomic E-state index is 0.664. The van der Waals surface area contributed by atoms with Gasteiger partial charge in [-0.15, -0.1) is 0 Å². The first-order chi connectivity index (χ1) is 15.5. The van der Waals surface area contributed by atoms with Gasteiger partial charge in [0.15, 0.2) is 5.65 Å². The van der Waals surface area contributed by atoms with Gasteiger partial charge in [0.2, 0.25) is 6.41 Å². The number of hydrogen-bond donors (Lipinski definition) is 3. The van der Waals surface area contributed by atoms with E-state index in [4.69, 9.17) is 0 Å². The summed E-state index contributed by atoms with van der Waals surface area (Å²) in [6, 6.07) is 2.05. The fourth-order valence-corrected chi connectivity index (χ4v) is 3.93. The molecule has 0 spiro atoms. The smallest absolute Gasteiger partial charge is 0.209 e. The molecule has 2 aliphatic rings. The number of anilines is 1. The van der Waals surface area contributed by atoms with Gasteiger partial charge in [-0.3, -0.25) is 9.20 Å². The Kier molecular flexibility index (Phi) is 7.92. The highest BCUT2D eigenvalue weighted by molar-refractivity contribution is 7.97. The van der Waals surface area contributed by atoms with Crippen molar-refractivity contribution in [1.82, 2.24) is 23.9 Å². The van der Waals surface area contributed by atoms with E-state index >= 15 is 0 Å². The molecule has 1 amide bonds. The molecule has 180 valence electrons. The third-order valence-electron chi connectivity index (χ3n) is 4.94. The van der Waals surface area contributed by atoms with E-state index in [9.17, 15) is 15.0 Å². The molecule has 4 rings (SSSR count). The second kappa shape index (κ2) is 10.3. The summed E-state index contributed by atoms with van der Waals surface area (Å²) < 4.78 is 5.04. The topological polar surface area (TPSA) is 96.6 Å². The zero-order valence-electron chi connectivity index (χ0n) is 20.0. The standard InChI is InChI=1S/C20H25N5O3S.C3H9N/c1-19(2,27)4-3-15-12-21-18-17(24-9-7-23(14-26)8-10-24)11-16(13-25(15)18)29-22-20(28)5-6-20;1-4(2)3/h11-14,22,27-28H,5-10H2,1-2H3;1-3H3. The Balaban J connectivity index is 0.000000709. The normalized spacial score (nSPS) is 17.3. The van der Waals surface area contributed by atoms with E-state index in [0.29, 0.717) is 18.8 Å². The van der Waals surface area contributed by atoms with Gasteiger partial charge in [0.25, 0.3) is 0 Å². The number of carbonyl (C=O) groups excluding carboxylic acids is 1. The zero-order valence-corrected chi connectivity index (χ0v) is 20.8. The molecular weight excluding hydrogens is 440 g/mol. The van der Waals surface area contributed by atoms with Crippen LogP contribution >= 0.6 is 11.9 Å². The number of nitrogens with zero attached hydrogens (tertiary/aromatic N) is 5. The van der Waals surface area contributed by atoms with Crippen molar-refractivity contribution in [2.75, 3.05) is 52.2 Å². The van der Waals surface area contributed by atoms with Crippen LogP contribution in [0.25, 0.3) is 5.65 Å². The number of nitrogens with one attached hydrogen (secondary N) is 1. The van der Waals surface area contributed by atoms with Crippen molar-refractivity contribution in [2.45, 2.75) is 42.9 Å². The lowest BCUT2D eigenvalue weighted by atomic mass is 10.1. The van der Waals surface area contributed by atoms with E-state index in [1.807, 2.05) is 36.6 Å². The summed E-state index contributed by atoms with van der Waals surface area (Å²) in [4.78, 5) is 22.5. The van der Waals surface area contributed by atoms with Crippen LogP contribution in [0.4, 0.5) is 5.69 Å². The first kappa shape index (κ1) is 25.3. The van der Waals surface area contributed by atoms with Crippen LogP contribution in [0.5, 0.6) is 0 Å². The van der Waals surface area contributed by atoms with Crippen LogP contribution in [0.3, 0.4) is 0 Å². The molecule has 1 saturated heterocycles. The Hall–Kier alpha value is -2.29. The van der Waals surface area contributed by atoms with E-state index in [0.717, 1.165) is 48.6 Å². The average molecular weight is 475 g/mol. The maximum Gasteiger partial charge on any atom is 0.209 e. The number of hydrogen-bond acceptors (Lipinski definition) is 8. The molecule has 3 heterocycles. The van der Waals surface area contributed by atoms with Crippen LogP contribution < -0.4 is 9.62 Å². The van der Waals surface area contributed by atoms with Crippen molar-refractivity contribution in [3.8, 4) is 11.8 Å². The number of pyridine rings is 1. The van der Waals surface area contributed by atoms with Gasteiger partial charge in [0.05, 0.1) is 11.9 Å². The van der Waals surface area contributed by atoms with Gasteiger partial charge in [-0.2, -0.15) is 0 Å². The van der Waals surface area contributed by atoms with Gasteiger partial charge in [0.1, 0.15) is 17.0 Å². The predicted molar refractivity (Wildman–Crippen MR) is 131 cm³/mol. The number of fused-ring (bicyclic) bond motifs is 1. The number of carbonyl (C=O) groups is 1. The molecule has 2 aromatic rings. The Labute approximate surface area is 199 Å². The highest BCUT2D eigenvalue weighted by Crippen LogP contribution is 2.36. The lowest BCUT2D eigenvalue weighted by Gasteiger charge is -2.34. The summed E-state index contributed by atoms with van der Waals surface area (Å²) in [5.41, 5.74) is 0.540. The maximum atomic E-state index is 11.0. The fraction of sp³-hybridized carbons (Fsp3) is 0.565. The molecule has 1 saturated carbocycles. The van der Waals surface area contributed by atoms with Crippen LogP contribution in [0.2, 0.25) is 0 Å². The summed E-state index contributed by atoms with van der Waals surface area (Å²) in [6.07, 6.45) is 6.02. The van der Waals surface area contributed by atoms with Gasteiger partial charge < -0.3 is 24.9 Å². The van der Waals surface area contributed by atoms with Crippen molar-refractivity contribution in [1.29, 1.82) is 0 Å². The minimum Gasteiger partial charge on any atom is -0.378 e. The van der Waals surface area contributed by atoms with E-state index < -0.39 is 11.3 Å². The summed E-state index contributed by atoms with van der Waals surface area (Å²) in [7, 11) is 6.00. The van der Waals surface area contributed by atoms with Crippen LogP contribution in [0, 0.1) is 11.8 Å². The Bertz CT molecular complexity index is 1020. The lowest BCUT2D eigenvalue weighted by Crippen LogP contribution is -2.45.